The fourth-order valence-corrected chi connectivity index (χ4v) is 2.91. The summed E-state index contributed by atoms with van der Waals surface area (Å²) in [6.07, 6.45) is 0. The van der Waals surface area contributed by atoms with Gasteiger partial charge in [-0.1, -0.05) is 13.8 Å². The van der Waals surface area contributed by atoms with Gasteiger partial charge >= 0.3 is 5.97 Å². The summed E-state index contributed by atoms with van der Waals surface area (Å²) in [5, 5.41) is 3.65. The molecule has 0 fully saturated rings. The predicted octanol–water partition coefficient (Wildman–Crippen LogP) is 0.970. The van der Waals surface area contributed by atoms with Gasteiger partial charge in [-0.25, -0.2) is 4.79 Å². The number of esters is 1. The van der Waals surface area contributed by atoms with Crippen LogP contribution in [0.25, 0.3) is 0 Å². The highest BCUT2D eigenvalue weighted by atomic mass is 32.1. The normalized spacial score (nSPS) is 10.7. The maximum atomic E-state index is 11.8. The maximum absolute atomic E-state index is 11.8. The third-order valence-corrected chi connectivity index (χ3v) is 4.34. The van der Waals surface area contributed by atoms with E-state index in [0.717, 1.165) is 31.0 Å². The standard InChI is InChI=1S/C13H22N4O3S/c1-4-17(5-2)7-6-16-12-8(13(19)20-3)9(14)10(21-12)11(15)18/h16H,4-7,14H2,1-3H3,(H2,15,18). The van der Waals surface area contributed by atoms with Gasteiger partial charge in [-0.2, -0.15) is 0 Å². The van der Waals surface area contributed by atoms with E-state index < -0.39 is 11.9 Å². The molecule has 0 unspecified atom stereocenters. The van der Waals surface area contributed by atoms with Crippen molar-refractivity contribution in [3.8, 4) is 0 Å². The quantitative estimate of drug-likeness (QED) is 0.617. The smallest absolute Gasteiger partial charge is 0.343 e. The van der Waals surface area contributed by atoms with Gasteiger partial charge in [0.1, 0.15) is 15.4 Å². The number of hydrogen-bond donors (Lipinski definition) is 3. The summed E-state index contributed by atoms with van der Waals surface area (Å²) in [5.41, 5.74) is 11.3. The number of primary amides is 1. The zero-order chi connectivity index (χ0) is 16.0. The van der Waals surface area contributed by atoms with Crippen molar-refractivity contribution in [2.75, 3.05) is 44.3 Å². The monoisotopic (exact) mass is 314 g/mol. The number of hydrogen-bond acceptors (Lipinski definition) is 7. The van der Waals surface area contributed by atoms with E-state index in [1.54, 1.807) is 0 Å². The SMILES string of the molecule is CCN(CC)CCNc1sc(C(N)=O)c(N)c1C(=O)OC. The number of nitrogens with zero attached hydrogens (tertiary/aromatic N) is 1. The molecular weight excluding hydrogens is 292 g/mol. The van der Waals surface area contributed by atoms with Crippen molar-refractivity contribution in [1.29, 1.82) is 0 Å². The highest BCUT2D eigenvalue weighted by Gasteiger charge is 2.24. The first kappa shape index (κ1) is 17.3. The minimum absolute atomic E-state index is 0.0738. The zero-order valence-corrected chi connectivity index (χ0v) is 13.4. The molecule has 7 nitrogen and oxygen atoms in total. The van der Waals surface area contributed by atoms with Crippen molar-refractivity contribution < 1.29 is 14.3 Å². The van der Waals surface area contributed by atoms with Crippen molar-refractivity contribution in [2.45, 2.75) is 13.8 Å². The van der Waals surface area contributed by atoms with Gasteiger partial charge in [0.05, 0.1) is 12.8 Å². The van der Waals surface area contributed by atoms with Gasteiger partial charge in [0.25, 0.3) is 5.91 Å². The van der Waals surface area contributed by atoms with Crippen molar-refractivity contribution >= 4 is 33.9 Å². The lowest BCUT2D eigenvalue weighted by Crippen LogP contribution is -2.28. The Morgan fingerprint density at radius 1 is 1.33 bits per heavy atom. The molecule has 0 saturated heterocycles. The number of thiophene rings is 1. The summed E-state index contributed by atoms with van der Waals surface area (Å²) in [7, 11) is 1.27. The van der Waals surface area contributed by atoms with E-state index in [9.17, 15) is 9.59 Å². The molecular formula is C13H22N4O3S. The van der Waals surface area contributed by atoms with E-state index in [-0.39, 0.29) is 16.1 Å². The second-order valence-corrected chi connectivity index (χ2v) is 5.38. The highest BCUT2D eigenvalue weighted by molar-refractivity contribution is 7.19. The molecule has 0 aliphatic rings. The molecule has 0 saturated carbocycles. The minimum atomic E-state index is -0.653. The Bertz CT molecular complexity index is 512. The van der Waals surface area contributed by atoms with Crippen LogP contribution < -0.4 is 16.8 Å². The Morgan fingerprint density at radius 3 is 2.43 bits per heavy atom. The second-order valence-electron chi connectivity index (χ2n) is 4.36. The van der Waals surface area contributed by atoms with Gasteiger partial charge in [0, 0.05) is 13.1 Å². The third-order valence-electron chi connectivity index (χ3n) is 3.17. The molecule has 1 aromatic rings. The van der Waals surface area contributed by atoms with Gasteiger partial charge in [-0.15, -0.1) is 11.3 Å². The lowest BCUT2D eigenvalue weighted by atomic mass is 10.2. The first-order valence-electron chi connectivity index (χ1n) is 6.72. The minimum Gasteiger partial charge on any atom is -0.465 e. The molecule has 0 bridgehead atoms. The molecule has 0 aliphatic carbocycles. The Hall–Kier alpha value is -1.80. The highest BCUT2D eigenvalue weighted by Crippen LogP contribution is 2.35. The largest absolute Gasteiger partial charge is 0.465 e. The van der Waals surface area contributed by atoms with E-state index in [1.165, 1.54) is 7.11 Å². The van der Waals surface area contributed by atoms with Crippen LogP contribution >= 0.6 is 11.3 Å². The molecule has 8 heteroatoms. The van der Waals surface area contributed by atoms with Crippen LogP contribution in [0.4, 0.5) is 10.7 Å². The molecule has 0 aromatic carbocycles. The van der Waals surface area contributed by atoms with Crippen LogP contribution in [0.3, 0.4) is 0 Å². The van der Waals surface area contributed by atoms with E-state index in [0.29, 0.717) is 11.5 Å². The molecule has 1 rings (SSSR count). The number of carbonyl (C=O) groups excluding carboxylic acids is 2. The number of carbonyl (C=O) groups is 2. The van der Waals surface area contributed by atoms with Crippen LogP contribution in [-0.4, -0.2) is 50.1 Å². The number of amides is 1. The number of nitrogens with two attached hydrogens (primary N) is 2. The number of methoxy groups -OCH3 is 1. The van der Waals surface area contributed by atoms with Crippen molar-refractivity contribution in [1.82, 2.24) is 4.90 Å². The molecule has 0 aliphatic heterocycles. The van der Waals surface area contributed by atoms with Crippen LogP contribution in [0.2, 0.25) is 0 Å². The lowest BCUT2D eigenvalue weighted by Gasteiger charge is -2.18. The Kier molecular flexibility index (Phi) is 6.44. The van der Waals surface area contributed by atoms with Crippen LogP contribution in [0.15, 0.2) is 0 Å². The molecule has 0 spiro atoms. The van der Waals surface area contributed by atoms with Gasteiger partial charge in [-0.05, 0) is 13.1 Å². The Morgan fingerprint density at radius 2 is 1.95 bits per heavy atom. The number of likely N-dealkylation sites (N-methyl/N-ethyl adjacent to an activating group) is 1. The fourth-order valence-electron chi connectivity index (χ4n) is 1.92. The van der Waals surface area contributed by atoms with E-state index >= 15 is 0 Å². The summed E-state index contributed by atoms with van der Waals surface area (Å²) in [5.74, 6) is -1.24. The number of nitrogen functional groups attached to an aromatic ring is 1. The van der Waals surface area contributed by atoms with Crippen LogP contribution in [-0.2, 0) is 4.74 Å². The van der Waals surface area contributed by atoms with Gasteiger partial charge in [0.15, 0.2) is 0 Å². The summed E-state index contributed by atoms with van der Waals surface area (Å²) < 4.78 is 4.71. The Labute approximate surface area is 128 Å². The molecule has 1 amide bonds. The van der Waals surface area contributed by atoms with Gasteiger partial charge in [-0.3, -0.25) is 4.79 Å². The van der Waals surface area contributed by atoms with E-state index in [4.69, 9.17) is 16.2 Å². The predicted molar refractivity (Wildman–Crippen MR) is 84.9 cm³/mol. The third kappa shape index (κ3) is 4.08. The number of nitrogens with one attached hydrogen (secondary N) is 1. The average molecular weight is 314 g/mol. The second kappa shape index (κ2) is 7.84. The molecule has 1 aromatic heterocycles. The average Bonchev–Trinajstić information content (AvgIpc) is 2.80. The molecule has 118 valence electrons. The molecule has 0 atom stereocenters. The molecule has 0 radical (unpaired) electrons. The summed E-state index contributed by atoms with van der Waals surface area (Å²) in [6.45, 7) is 7.50. The van der Waals surface area contributed by atoms with Crippen LogP contribution in [0.1, 0.15) is 33.9 Å². The fraction of sp³-hybridized carbons (Fsp3) is 0.538. The zero-order valence-electron chi connectivity index (χ0n) is 12.6. The van der Waals surface area contributed by atoms with E-state index in [2.05, 4.69) is 24.1 Å². The topological polar surface area (TPSA) is 111 Å². The molecule has 1 heterocycles. The Balaban J connectivity index is 2.92. The summed E-state index contributed by atoms with van der Waals surface area (Å²) in [4.78, 5) is 25.5. The molecule has 21 heavy (non-hydrogen) atoms. The van der Waals surface area contributed by atoms with Crippen molar-refractivity contribution in [3.05, 3.63) is 10.4 Å². The van der Waals surface area contributed by atoms with Crippen molar-refractivity contribution in [2.24, 2.45) is 5.73 Å². The maximum Gasteiger partial charge on any atom is 0.343 e. The first-order valence-corrected chi connectivity index (χ1v) is 7.54. The van der Waals surface area contributed by atoms with Gasteiger partial charge in [0.2, 0.25) is 0 Å². The van der Waals surface area contributed by atoms with Gasteiger partial charge < -0.3 is 26.4 Å². The number of anilines is 2. The summed E-state index contributed by atoms with van der Waals surface area (Å²) in [6, 6.07) is 0. The molecule has 5 N–H and O–H groups in total. The van der Waals surface area contributed by atoms with Crippen LogP contribution in [0.5, 0.6) is 0 Å². The number of ether oxygens (including phenoxy) is 1. The first-order chi connectivity index (χ1) is 9.96. The summed E-state index contributed by atoms with van der Waals surface area (Å²) >= 11 is 1.07. The van der Waals surface area contributed by atoms with Crippen LogP contribution in [0, 0.1) is 0 Å². The lowest BCUT2D eigenvalue weighted by molar-refractivity contribution is 0.0603. The van der Waals surface area contributed by atoms with Crippen molar-refractivity contribution in [3.63, 3.8) is 0 Å². The van der Waals surface area contributed by atoms with E-state index in [1.807, 2.05) is 0 Å². The number of rotatable bonds is 8.